The van der Waals surface area contributed by atoms with Crippen LogP contribution in [0.15, 0.2) is 52.2 Å². The number of halogens is 1. The van der Waals surface area contributed by atoms with Crippen LogP contribution in [-0.4, -0.2) is 42.5 Å². The summed E-state index contributed by atoms with van der Waals surface area (Å²) in [6, 6.07) is 12.0. The van der Waals surface area contributed by atoms with Gasteiger partial charge in [-0.15, -0.1) is 0 Å². The van der Waals surface area contributed by atoms with E-state index in [1.807, 2.05) is 24.3 Å². The van der Waals surface area contributed by atoms with Gasteiger partial charge in [-0.2, -0.15) is 4.31 Å². The minimum Gasteiger partial charge on any atom is -0.495 e. The lowest BCUT2D eigenvalue weighted by atomic mass is 10.1. The van der Waals surface area contributed by atoms with E-state index in [0.29, 0.717) is 31.0 Å². The summed E-state index contributed by atoms with van der Waals surface area (Å²) >= 11 is 6.00. The van der Waals surface area contributed by atoms with Crippen LogP contribution in [0.4, 0.5) is 0 Å². The highest BCUT2D eigenvalue weighted by molar-refractivity contribution is 7.89. The minimum absolute atomic E-state index is 0.0589. The van der Waals surface area contributed by atoms with Crippen LogP contribution >= 0.6 is 11.6 Å². The number of aromatic nitrogens is 2. The van der Waals surface area contributed by atoms with Crippen molar-refractivity contribution in [2.24, 2.45) is 0 Å². The molecule has 1 aromatic heterocycles. The summed E-state index contributed by atoms with van der Waals surface area (Å²) in [5.74, 6) is 0.263. The number of hydrogen-bond donors (Lipinski definition) is 1. The van der Waals surface area contributed by atoms with Gasteiger partial charge in [0.1, 0.15) is 10.6 Å². The second kappa shape index (κ2) is 7.27. The van der Waals surface area contributed by atoms with E-state index in [-0.39, 0.29) is 22.4 Å². The van der Waals surface area contributed by atoms with Gasteiger partial charge in [0.05, 0.1) is 18.1 Å². The third-order valence-electron chi connectivity index (χ3n) is 5.16. The molecule has 1 N–H and O–H groups in total. The number of nitrogens with one attached hydrogen (secondary N) is 1. The lowest BCUT2D eigenvalue weighted by molar-refractivity contribution is 0.273. The fraction of sp³-hybridized carbons (Fsp3) is 0.316. The second-order valence-corrected chi connectivity index (χ2v) is 9.09. The van der Waals surface area contributed by atoms with Gasteiger partial charge >= 0.3 is 5.69 Å². The zero-order chi connectivity index (χ0) is 19.9. The quantitative estimate of drug-likeness (QED) is 0.701. The maximum Gasteiger partial charge on any atom is 0.326 e. The number of hydrogen-bond acceptors (Lipinski definition) is 4. The summed E-state index contributed by atoms with van der Waals surface area (Å²) in [5.41, 5.74) is 1.45. The number of H-pyrrole nitrogens is 1. The molecule has 0 atom stereocenters. The molecule has 3 aromatic rings. The Labute approximate surface area is 167 Å². The molecule has 1 fully saturated rings. The number of ether oxygens (including phenoxy) is 1. The number of aromatic amines is 1. The van der Waals surface area contributed by atoms with E-state index in [4.69, 9.17) is 16.3 Å². The van der Waals surface area contributed by atoms with Crippen LogP contribution in [0, 0.1) is 0 Å². The molecular formula is C19H20ClN3O4S. The van der Waals surface area contributed by atoms with Gasteiger partial charge in [0, 0.05) is 24.2 Å². The van der Waals surface area contributed by atoms with Gasteiger partial charge < -0.3 is 9.72 Å². The molecule has 0 amide bonds. The minimum atomic E-state index is -3.74. The smallest absolute Gasteiger partial charge is 0.326 e. The Kier molecular flexibility index (Phi) is 4.95. The van der Waals surface area contributed by atoms with Crippen LogP contribution in [-0.2, 0) is 10.0 Å². The summed E-state index contributed by atoms with van der Waals surface area (Å²) in [4.78, 5) is 15.3. The molecule has 0 unspecified atom stereocenters. The first-order valence-corrected chi connectivity index (χ1v) is 10.8. The molecule has 4 rings (SSSR count). The Balaban J connectivity index is 1.60. The van der Waals surface area contributed by atoms with Crippen molar-refractivity contribution in [2.75, 3.05) is 20.2 Å². The van der Waals surface area contributed by atoms with Crippen LogP contribution < -0.4 is 10.4 Å². The molecule has 0 radical (unpaired) electrons. The number of methoxy groups -OCH3 is 1. The van der Waals surface area contributed by atoms with Gasteiger partial charge in [0.2, 0.25) is 10.0 Å². The summed E-state index contributed by atoms with van der Waals surface area (Å²) in [6.45, 7) is 0.628. The van der Waals surface area contributed by atoms with E-state index >= 15 is 0 Å². The molecule has 28 heavy (non-hydrogen) atoms. The van der Waals surface area contributed by atoms with E-state index in [0.717, 1.165) is 11.0 Å². The molecule has 2 heterocycles. The predicted octanol–water partition coefficient (Wildman–Crippen LogP) is 3.02. The van der Waals surface area contributed by atoms with Crippen LogP contribution in [0.1, 0.15) is 18.9 Å². The maximum absolute atomic E-state index is 13.1. The van der Waals surface area contributed by atoms with Crippen LogP contribution in [0.25, 0.3) is 11.0 Å². The topological polar surface area (TPSA) is 84.4 Å². The van der Waals surface area contributed by atoms with Crippen molar-refractivity contribution in [1.82, 2.24) is 13.9 Å². The van der Waals surface area contributed by atoms with Crippen molar-refractivity contribution in [3.8, 4) is 5.75 Å². The van der Waals surface area contributed by atoms with Gasteiger partial charge in [-0.1, -0.05) is 23.7 Å². The molecule has 0 bridgehead atoms. The third-order valence-corrected chi connectivity index (χ3v) is 7.31. The fourth-order valence-electron chi connectivity index (χ4n) is 3.77. The van der Waals surface area contributed by atoms with E-state index in [1.54, 1.807) is 16.7 Å². The molecular weight excluding hydrogens is 402 g/mol. The number of rotatable bonds is 4. The molecule has 0 saturated carbocycles. The van der Waals surface area contributed by atoms with Gasteiger partial charge in [-0.05, 0) is 43.2 Å². The molecule has 148 valence electrons. The fourth-order valence-corrected chi connectivity index (χ4v) is 5.66. The molecule has 2 aromatic carbocycles. The number of sulfonamides is 1. The summed E-state index contributed by atoms with van der Waals surface area (Å²) in [6.07, 6.45) is 1.09. The number of imidazole rings is 1. The van der Waals surface area contributed by atoms with Gasteiger partial charge in [-0.3, -0.25) is 4.57 Å². The summed E-state index contributed by atoms with van der Waals surface area (Å²) in [5, 5.41) is 0.333. The largest absolute Gasteiger partial charge is 0.495 e. The Morgan fingerprint density at radius 3 is 2.57 bits per heavy atom. The first-order valence-electron chi connectivity index (χ1n) is 8.95. The molecule has 0 spiro atoms. The zero-order valence-corrected chi connectivity index (χ0v) is 16.8. The number of para-hydroxylation sites is 2. The van der Waals surface area contributed by atoms with E-state index < -0.39 is 10.0 Å². The lowest BCUT2D eigenvalue weighted by Crippen LogP contribution is -2.40. The van der Waals surface area contributed by atoms with E-state index in [9.17, 15) is 13.2 Å². The van der Waals surface area contributed by atoms with E-state index in [1.165, 1.54) is 17.5 Å². The number of nitrogens with zero attached hydrogens (tertiary/aromatic N) is 2. The van der Waals surface area contributed by atoms with Crippen molar-refractivity contribution in [1.29, 1.82) is 0 Å². The summed E-state index contributed by atoms with van der Waals surface area (Å²) in [7, 11) is -2.31. The highest BCUT2D eigenvalue weighted by atomic mass is 35.5. The summed E-state index contributed by atoms with van der Waals surface area (Å²) < 4.78 is 34.6. The van der Waals surface area contributed by atoms with Gasteiger partial charge in [0.25, 0.3) is 0 Å². The normalized spacial score (nSPS) is 16.5. The van der Waals surface area contributed by atoms with E-state index in [2.05, 4.69) is 4.98 Å². The molecule has 1 aliphatic rings. The van der Waals surface area contributed by atoms with Crippen LogP contribution in [0.5, 0.6) is 5.75 Å². The number of fused-ring (bicyclic) bond motifs is 1. The number of benzene rings is 2. The molecule has 9 heteroatoms. The Bertz CT molecular complexity index is 1180. The average molecular weight is 422 g/mol. The molecule has 1 aliphatic heterocycles. The third kappa shape index (κ3) is 3.21. The van der Waals surface area contributed by atoms with Crippen LogP contribution in [0.3, 0.4) is 0 Å². The SMILES string of the molecule is COc1ccc(Cl)cc1S(=O)(=O)N1CCC(n2c(=O)[nH]c3ccccc32)CC1. The highest BCUT2D eigenvalue weighted by Crippen LogP contribution is 2.33. The van der Waals surface area contributed by atoms with Gasteiger partial charge in [0.15, 0.2) is 0 Å². The van der Waals surface area contributed by atoms with Crippen molar-refractivity contribution >= 4 is 32.7 Å². The Hall–Kier alpha value is -2.29. The van der Waals surface area contributed by atoms with Crippen LogP contribution in [0.2, 0.25) is 5.02 Å². The average Bonchev–Trinajstić information content (AvgIpc) is 3.03. The second-order valence-electron chi connectivity index (χ2n) is 6.75. The monoisotopic (exact) mass is 421 g/mol. The first kappa shape index (κ1) is 19.0. The highest BCUT2D eigenvalue weighted by Gasteiger charge is 2.33. The Morgan fingerprint density at radius 2 is 1.86 bits per heavy atom. The number of piperidine rings is 1. The lowest BCUT2D eigenvalue weighted by Gasteiger charge is -2.32. The maximum atomic E-state index is 13.1. The van der Waals surface area contributed by atoms with Crippen molar-refractivity contribution in [2.45, 2.75) is 23.8 Å². The predicted molar refractivity (Wildman–Crippen MR) is 108 cm³/mol. The Morgan fingerprint density at radius 1 is 1.14 bits per heavy atom. The van der Waals surface area contributed by atoms with Crippen molar-refractivity contribution < 1.29 is 13.2 Å². The first-order chi connectivity index (χ1) is 13.4. The molecule has 1 saturated heterocycles. The van der Waals surface area contributed by atoms with Gasteiger partial charge in [-0.25, -0.2) is 13.2 Å². The molecule has 7 nitrogen and oxygen atoms in total. The zero-order valence-electron chi connectivity index (χ0n) is 15.3. The molecule has 0 aliphatic carbocycles. The van der Waals surface area contributed by atoms with Crippen molar-refractivity contribution in [3.63, 3.8) is 0 Å². The van der Waals surface area contributed by atoms with Crippen molar-refractivity contribution in [3.05, 3.63) is 58.0 Å². The standard InChI is InChI=1S/C19H20ClN3O4S/c1-27-17-7-6-13(20)12-18(17)28(25,26)22-10-8-14(9-11-22)23-16-5-3-2-4-15(16)21-19(23)24/h2-7,12,14H,8-11H2,1H3,(H,21,24).